The Labute approximate surface area is 194 Å². The molecule has 1 aliphatic rings. The quantitative estimate of drug-likeness (QED) is 0.679. The summed E-state index contributed by atoms with van der Waals surface area (Å²) in [6.07, 6.45) is 5.16. The van der Waals surface area contributed by atoms with E-state index in [0.29, 0.717) is 35.1 Å². The van der Waals surface area contributed by atoms with Gasteiger partial charge < -0.3 is 10.2 Å². The SMILES string of the molecule is Cc1ccc(N(CC(=O)Nc2ccccc2C(=O)N2CCCCCC2)S(C)(=O)=O)cc1Cl. The van der Waals surface area contributed by atoms with Crippen molar-refractivity contribution in [1.29, 1.82) is 0 Å². The smallest absolute Gasteiger partial charge is 0.255 e. The minimum Gasteiger partial charge on any atom is -0.339 e. The molecule has 0 aliphatic carbocycles. The van der Waals surface area contributed by atoms with Gasteiger partial charge >= 0.3 is 0 Å². The van der Waals surface area contributed by atoms with Crippen LogP contribution in [0.3, 0.4) is 0 Å². The zero-order valence-corrected chi connectivity index (χ0v) is 19.9. The van der Waals surface area contributed by atoms with Gasteiger partial charge in [0.2, 0.25) is 15.9 Å². The van der Waals surface area contributed by atoms with Gasteiger partial charge in [-0.2, -0.15) is 0 Å². The molecule has 0 spiro atoms. The number of amides is 2. The number of benzene rings is 2. The molecule has 2 aromatic rings. The molecule has 1 fully saturated rings. The lowest BCUT2D eigenvalue weighted by Crippen LogP contribution is -2.38. The molecule has 172 valence electrons. The van der Waals surface area contributed by atoms with E-state index in [2.05, 4.69) is 5.32 Å². The number of anilines is 2. The van der Waals surface area contributed by atoms with Crippen LogP contribution in [0.25, 0.3) is 0 Å². The van der Waals surface area contributed by atoms with Crippen LogP contribution in [0.5, 0.6) is 0 Å². The van der Waals surface area contributed by atoms with Gasteiger partial charge in [0.1, 0.15) is 6.54 Å². The molecular weight excluding hydrogens is 450 g/mol. The number of likely N-dealkylation sites (tertiary alicyclic amines) is 1. The molecule has 0 aromatic heterocycles. The minimum atomic E-state index is -3.74. The Morgan fingerprint density at radius 1 is 1.06 bits per heavy atom. The number of hydrogen-bond donors (Lipinski definition) is 1. The molecule has 2 amide bonds. The summed E-state index contributed by atoms with van der Waals surface area (Å²) in [6, 6.07) is 11.6. The van der Waals surface area contributed by atoms with Gasteiger partial charge in [-0.1, -0.05) is 42.6 Å². The van der Waals surface area contributed by atoms with Crippen LogP contribution in [0, 0.1) is 6.92 Å². The molecule has 9 heteroatoms. The van der Waals surface area contributed by atoms with Gasteiger partial charge in [0, 0.05) is 18.1 Å². The van der Waals surface area contributed by atoms with E-state index < -0.39 is 22.5 Å². The van der Waals surface area contributed by atoms with Crippen molar-refractivity contribution in [2.75, 3.05) is 35.5 Å². The van der Waals surface area contributed by atoms with E-state index >= 15 is 0 Å². The van der Waals surface area contributed by atoms with Crippen molar-refractivity contribution in [2.45, 2.75) is 32.6 Å². The van der Waals surface area contributed by atoms with Gasteiger partial charge in [0.05, 0.1) is 23.2 Å². The first-order valence-electron chi connectivity index (χ1n) is 10.6. The van der Waals surface area contributed by atoms with Crippen LogP contribution in [0.1, 0.15) is 41.6 Å². The summed E-state index contributed by atoms with van der Waals surface area (Å²) in [7, 11) is -3.74. The number of nitrogens with one attached hydrogen (secondary N) is 1. The molecule has 0 bridgehead atoms. The van der Waals surface area contributed by atoms with Crippen molar-refractivity contribution >= 4 is 44.8 Å². The standard InChI is InChI=1S/C23H28ClN3O4S/c1-17-11-12-18(15-20(17)24)27(32(2,30)31)16-22(28)25-21-10-6-5-9-19(21)23(29)26-13-7-3-4-8-14-26/h5-6,9-12,15H,3-4,7-8,13-14,16H2,1-2H3,(H,25,28). The largest absolute Gasteiger partial charge is 0.339 e. The van der Waals surface area contributed by atoms with Gasteiger partial charge in [0.25, 0.3) is 5.91 Å². The molecule has 1 aliphatic heterocycles. The van der Waals surface area contributed by atoms with E-state index in [1.807, 2.05) is 11.8 Å². The number of halogens is 1. The lowest BCUT2D eigenvalue weighted by Gasteiger charge is -2.24. The van der Waals surface area contributed by atoms with Gasteiger partial charge in [-0.25, -0.2) is 8.42 Å². The van der Waals surface area contributed by atoms with E-state index in [1.165, 1.54) is 6.07 Å². The van der Waals surface area contributed by atoms with Crippen molar-refractivity contribution in [3.63, 3.8) is 0 Å². The highest BCUT2D eigenvalue weighted by molar-refractivity contribution is 7.92. The fourth-order valence-electron chi connectivity index (χ4n) is 3.68. The van der Waals surface area contributed by atoms with Crippen molar-refractivity contribution in [1.82, 2.24) is 4.90 Å². The lowest BCUT2D eigenvalue weighted by molar-refractivity contribution is -0.114. The maximum atomic E-state index is 13.1. The number of sulfonamides is 1. The molecule has 2 aromatic carbocycles. The third-order valence-corrected chi connectivity index (χ3v) is 7.00. The predicted molar refractivity (Wildman–Crippen MR) is 128 cm³/mol. The highest BCUT2D eigenvalue weighted by atomic mass is 35.5. The number of rotatable bonds is 6. The van der Waals surface area contributed by atoms with Crippen LogP contribution < -0.4 is 9.62 Å². The Hall–Kier alpha value is -2.58. The maximum Gasteiger partial charge on any atom is 0.255 e. The first kappa shape index (κ1) is 24.1. The average molecular weight is 478 g/mol. The zero-order valence-electron chi connectivity index (χ0n) is 18.3. The summed E-state index contributed by atoms with van der Waals surface area (Å²) in [5, 5.41) is 3.13. The van der Waals surface area contributed by atoms with Crippen molar-refractivity contribution in [3.05, 3.63) is 58.6 Å². The fourth-order valence-corrected chi connectivity index (χ4v) is 4.70. The van der Waals surface area contributed by atoms with E-state index in [9.17, 15) is 18.0 Å². The van der Waals surface area contributed by atoms with Crippen molar-refractivity contribution in [2.24, 2.45) is 0 Å². The van der Waals surface area contributed by atoms with E-state index in [-0.39, 0.29) is 5.91 Å². The van der Waals surface area contributed by atoms with Gasteiger partial charge in [-0.15, -0.1) is 0 Å². The summed E-state index contributed by atoms with van der Waals surface area (Å²) in [4.78, 5) is 27.7. The number of carbonyl (C=O) groups excluding carboxylic acids is 2. The van der Waals surface area contributed by atoms with Crippen LogP contribution >= 0.6 is 11.6 Å². The van der Waals surface area contributed by atoms with Gasteiger partial charge in [-0.3, -0.25) is 13.9 Å². The third kappa shape index (κ3) is 6.01. The van der Waals surface area contributed by atoms with Crippen LogP contribution in [-0.2, 0) is 14.8 Å². The number of nitrogens with zero attached hydrogens (tertiary/aromatic N) is 2. The second-order valence-corrected chi connectivity index (χ2v) is 10.3. The van der Waals surface area contributed by atoms with Crippen LogP contribution in [0.2, 0.25) is 5.02 Å². The summed E-state index contributed by atoms with van der Waals surface area (Å²) < 4.78 is 25.7. The summed E-state index contributed by atoms with van der Waals surface area (Å²) in [6.45, 7) is 2.75. The summed E-state index contributed by atoms with van der Waals surface area (Å²) in [5.74, 6) is -0.684. The maximum absolute atomic E-state index is 13.1. The van der Waals surface area contributed by atoms with E-state index in [0.717, 1.165) is 41.8 Å². The van der Waals surface area contributed by atoms with Crippen molar-refractivity contribution < 1.29 is 18.0 Å². The number of aryl methyl sites for hydroxylation is 1. The van der Waals surface area contributed by atoms with Gasteiger partial charge in [0.15, 0.2) is 0 Å². The van der Waals surface area contributed by atoms with E-state index in [4.69, 9.17) is 11.6 Å². The van der Waals surface area contributed by atoms with Crippen LogP contribution in [-0.4, -0.2) is 51.0 Å². The van der Waals surface area contributed by atoms with Gasteiger partial charge in [-0.05, 0) is 49.6 Å². The molecule has 0 radical (unpaired) electrons. The Balaban J connectivity index is 1.80. The monoisotopic (exact) mass is 477 g/mol. The third-order valence-electron chi connectivity index (χ3n) is 5.46. The first-order valence-corrected chi connectivity index (χ1v) is 12.8. The Bertz CT molecular complexity index is 1100. The van der Waals surface area contributed by atoms with Crippen LogP contribution in [0.4, 0.5) is 11.4 Å². The molecule has 0 saturated carbocycles. The minimum absolute atomic E-state index is 0.131. The number of para-hydroxylation sites is 1. The zero-order chi connectivity index (χ0) is 23.3. The Morgan fingerprint density at radius 3 is 2.34 bits per heavy atom. The second-order valence-electron chi connectivity index (χ2n) is 8.00. The normalized spacial score (nSPS) is 14.5. The fraction of sp³-hybridized carbons (Fsp3) is 0.391. The summed E-state index contributed by atoms with van der Waals surface area (Å²) in [5.41, 5.74) is 1.86. The number of carbonyl (C=O) groups is 2. The Kier molecular flexibility index (Phi) is 7.79. The molecule has 32 heavy (non-hydrogen) atoms. The lowest BCUT2D eigenvalue weighted by atomic mass is 10.1. The molecule has 0 unspecified atom stereocenters. The first-order chi connectivity index (χ1) is 15.2. The van der Waals surface area contributed by atoms with Crippen molar-refractivity contribution in [3.8, 4) is 0 Å². The van der Waals surface area contributed by atoms with Crippen LogP contribution in [0.15, 0.2) is 42.5 Å². The average Bonchev–Trinajstić information content (AvgIpc) is 3.03. The highest BCUT2D eigenvalue weighted by Gasteiger charge is 2.24. The molecule has 3 rings (SSSR count). The molecule has 7 nitrogen and oxygen atoms in total. The molecule has 1 heterocycles. The Morgan fingerprint density at radius 2 is 1.72 bits per heavy atom. The van der Waals surface area contributed by atoms with E-state index in [1.54, 1.807) is 36.4 Å². The highest BCUT2D eigenvalue weighted by Crippen LogP contribution is 2.25. The summed E-state index contributed by atoms with van der Waals surface area (Å²) >= 11 is 6.15. The molecule has 1 saturated heterocycles. The topological polar surface area (TPSA) is 86.8 Å². The second kappa shape index (κ2) is 10.4. The predicted octanol–water partition coefficient (Wildman–Crippen LogP) is 4.07. The molecule has 1 N–H and O–H groups in total. The molecular formula is C23H28ClN3O4S. The molecule has 0 atom stereocenters. The number of hydrogen-bond acceptors (Lipinski definition) is 4.